The van der Waals surface area contributed by atoms with E-state index in [0.717, 1.165) is 17.2 Å². The van der Waals surface area contributed by atoms with Crippen LogP contribution in [0.25, 0.3) is 11.0 Å². The molecule has 0 spiro atoms. The zero-order valence-electron chi connectivity index (χ0n) is 37.9. The van der Waals surface area contributed by atoms with E-state index in [0.29, 0.717) is 0 Å². The van der Waals surface area contributed by atoms with Gasteiger partial charge >= 0.3 is 0 Å². The molecular weight excluding hydrogens is 703 g/mol. The fraction of sp³-hybridized carbons (Fsp3) is 0.407. The van der Waals surface area contributed by atoms with Crippen LogP contribution in [-0.2, 0) is 27.1 Å². The van der Waals surface area contributed by atoms with Gasteiger partial charge in [0.25, 0.3) is 6.71 Å². The lowest BCUT2D eigenvalue weighted by molar-refractivity contribution is 0.332. The number of furan rings is 1. The van der Waals surface area contributed by atoms with Gasteiger partial charge in [-0.1, -0.05) is 126 Å². The van der Waals surface area contributed by atoms with Crippen molar-refractivity contribution in [2.75, 3.05) is 9.80 Å². The molecule has 0 saturated carbocycles. The van der Waals surface area contributed by atoms with Gasteiger partial charge in [0.2, 0.25) is 5.88 Å². The van der Waals surface area contributed by atoms with E-state index in [4.69, 9.17) is 4.42 Å². The highest BCUT2D eigenvalue weighted by molar-refractivity contribution is 7.01. The molecular formula is C54H63BN2O. The van der Waals surface area contributed by atoms with Crippen molar-refractivity contribution in [3.8, 4) is 0 Å². The average molecular weight is 767 g/mol. The van der Waals surface area contributed by atoms with E-state index >= 15 is 0 Å². The van der Waals surface area contributed by atoms with Crippen molar-refractivity contribution in [2.45, 2.75) is 144 Å². The van der Waals surface area contributed by atoms with Crippen molar-refractivity contribution in [1.82, 2.24) is 0 Å². The molecule has 0 fully saturated rings. The van der Waals surface area contributed by atoms with Crippen LogP contribution in [0, 0.1) is 13.8 Å². The molecule has 3 nitrogen and oxygen atoms in total. The Morgan fingerprint density at radius 1 is 0.534 bits per heavy atom. The van der Waals surface area contributed by atoms with E-state index in [1.165, 1.54) is 96.3 Å². The van der Waals surface area contributed by atoms with E-state index in [2.05, 4.69) is 199 Å². The lowest BCUT2D eigenvalue weighted by Gasteiger charge is -2.47. The second-order valence-corrected chi connectivity index (χ2v) is 22.4. The molecule has 0 amide bonds. The lowest BCUT2D eigenvalue weighted by Crippen LogP contribution is -2.61. The van der Waals surface area contributed by atoms with E-state index in [1.54, 1.807) is 0 Å². The summed E-state index contributed by atoms with van der Waals surface area (Å²) < 4.78 is 7.21. The van der Waals surface area contributed by atoms with Crippen molar-refractivity contribution in [2.24, 2.45) is 0 Å². The molecule has 0 bridgehead atoms. The van der Waals surface area contributed by atoms with E-state index in [1.807, 2.05) is 0 Å². The smallest absolute Gasteiger partial charge is 0.257 e. The third kappa shape index (κ3) is 5.90. The standard InChI is InChI=1S/C54H63BN2O/c1-32-26-44-48-45(27-32)57(42-22-18-35(28-33(42)2)51(6,7)8)43-31-40-39(53(12,13)24-25-54(40,14)15)30-41(43)55(48)47-38-29-36(52(9,10)11)19-23-46(38)58-49(47)56(44)37-20-16-34(17-21-37)50(3,4)5/h16-23,26-31H,24-25H2,1-15H3. The molecule has 0 atom stereocenters. The van der Waals surface area contributed by atoms with Gasteiger partial charge < -0.3 is 9.32 Å². The molecule has 6 aromatic rings. The van der Waals surface area contributed by atoms with Gasteiger partial charge in [0.1, 0.15) is 5.58 Å². The summed E-state index contributed by atoms with van der Waals surface area (Å²) >= 11 is 0. The minimum atomic E-state index is -0.0197. The van der Waals surface area contributed by atoms with Gasteiger partial charge in [-0.3, -0.25) is 4.90 Å². The number of hydrogen-bond donors (Lipinski definition) is 0. The quantitative estimate of drug-likeness (QED) is 0.163. The van der Waals surface area contributed by atoms with Gasteiger partial charge in [-0.25, -0.2) is 0 Å². The summed E-state index contributed by atoms with van der Waals surface area (Å²) in [5, 5.41) is 1.21. The van der Waals surface area contributed by atoms with Gasteiger partial charge in [-0.15, -0.1) is 0 Å². The van der Waals surface area contributed by atoms with Gasteiger partial charge in [-0.2, -0.15) is 0 Å². The third-order valence-electron chi connectivity index (χ3n) is 14.0. The molecule has 9 rings (SSSR count). The van der Waals surface area contributed by atoms with E-state index in [9.17, 15) is 0 Å². The van der Waals surface area contributed by atoms with Crippen molar-refractivity contribution < 1.29 is 4.42 Å². The number of nitrogens with zero attached hydrogens (tertiary/aromatic N) is 2. The van der Waals surface area contributed by atoms with Crippen LogP contribution in [0.1, 0.15) is 142 Å². The van der Waals surface area contributed by atoms with E-state index < -0.39 is 0 Å². The summed E-state index contributed by atoms with van der Waals surface area (Å²) in [5.41, 5.74) is 20.7. The van der Waals surface area contributed by atoms with Crippen molar-refractivity contribution in [3.05, 3.63) is 124 Å². The first-order valence-corrected chi connectivity index (χ1v) is 21.7. The SMILES string of the molecule is Cc1cc2c3c(c1)N(c1ccc(C(C)(C)C)cc1)c1oc4ccc(C(C)(C)C)cc4c1B3c1cc3c(cc1N2c1ccc(C(C)(C)C)cc1C)C(C)(C)CCC3(C)C. The van der Waals surface area contributed by atoms with Crippen molar-refractivity contribution >= 4 is 68.4 Å². The van der Waals surface area contributed by atoms with Gasteiger partial charge in [0, 0.05) is 39.3 Å². The number of anilines is 6. The Labute approximate surface area is 348 Å². The molecule has 58 heavy (non-hydrogen) atoms. The summed E-state index contributed by atoms with van der Waals surface area (Å²) in [6.07, 6.45) is 2.34. The zero-order valence-corrected chi connectivity index (χ0v) is 37.9. The van der Waals surface area contributed by atoms with Crippen LogP contribution in [0.3, 0.4) is 0 Å². The molecule has 1 aliphatic carbocycles. The first kappa shape index (κ1) is 38.8. The molecule has 3 aliphatic rings. The Morgan fingerprint density at radius 2 is 1.07 bits per heavy atom. The molecule has 3 heterocycles. The summed E-state index contributed by atoms with van der Waals surface area (Å²) in [7, 11) is 0. The maximum absolute atomic E-state index is 7.21. The van der Waals surface area contributed by atoms with Gasteiger partial charge in [-0.05, 0) is 152 Å². The van der Waals surface area contributed by atoms with Gasteiger partial charge in [0.15, 0.2) is 0 Å². The Morgan fingerprint density at radius 3 is 1.66 bits per heavy atom. The minimum Gasteiger partial charge on any atom is -0.440 e. The number of fused-ring (bicyclic) bond motifs is 7. The topological polar surface area (TPSA) is 19.6 Å². The maximum Gasteiger partial charge on any atom is 0.257 e. The molecule has 0 unspecified atom stereocenters. The highest BCUT2D eigenvalue weighted by atomic mass is 16.4. The predicted octanol–water partition coefficient (Wildman–Crippen LogP) is 13.4. The molecule has 1 aromatic heterocycles. The largest absolute Gasteiger partial charge is 0.440 e. The molecule has 2 aliphatic heterocycles. The molecule has 5 aromatic carbocycles. The molecule has 0 radical (unpaired) electrons. The Kier molecular flexibility index (Phi) is 8.31. The third-order valence-corrected chi connectivity index (χ3v) is 14.0. The molecule has 0 N–H and O–H groups in total. The normalized spacial score (nSPS) is 16.9. The molecule has 0 saturated heterocycles. The highest BCUT2D eigenvalue weighted by Gasteiger charge is 2.48. The zero-order chi connectivity index (χ0) is 41.6. The van der Waals surface area contributed by atoms with Crippen molar-refractivity contribution in [3.63, 3.8) is 0 Å². The Hall–Kier alpha value is -4.70. The second kappa shape index (κ2) is 12.4. The van der Waals surface area contributed by atoms with E-state index in [-0.39, 0.29) is 33.8 Å². The van der Waals surface area contributed by atoms with Crippen molar-refractivity contribution in [1.29, 1.82) is 0 Å². The Balaban J connectivity index is 1.43. The van der Waals surface area contributed by atoms with Crippen LogP contribution in [0.15, 0.2) is 89.3 Å². The second-order valence-electron chi connectivity index (χ2n) is 22.4. The Bertz CT molecular complexity index is 2650. The maximum atomic E-state index is 7.21. The summed E-state index contributed by atoms with van der Waals surface area (Å²) in [4.78, 5) is 5.07. The summed E-state index contributed by atoms with van der Waals surface area (Å²) in [6.45, 7) is 35.2. The summed E-state index contributed by atoms with van der Waals surface area (Å²) in [6, 6.07) is 33.4. The number of benzene rings is 5. The predicted molar refractivity (Wildman–Crippen MR) is 251 cm³/mol. The lowest BCUT2D eigenvalue weighted by atomic mass is 9.33. The first-order chi connectivity index (χ1) is 27.0. The van der Waals surface area contributed by atoms with Crippen LogP contribution >= 0.6 is 0 Å². The number of rotatable bonds is 2. The fourth-order valence-electron chi connectivity index (χ4n) is 10.2. The average Bonchev–Trinajstić information content (AvgIpc) is 3.50. The molecule has 4 heteroatoms. The summed E-state index contributed by atoms with van der Waals surface area (Å²) in [5.74, 6) is 0.932. The van der Waals surface area contributed by atoms with Crippen LogP contribution in [0.4, 0.5) is 34.3 Å². The number of aryl methyl sites for hydroxylation is 2. The van der Waals surface area contributed by atoms with Crippen LogP contribution in [0.5, 0.6) is 0 Å². The van der Waals surface area contributed by atoms with Crippen LogP contribution in [0.2, 0.25) is 0 Å². The number of hydrogen-bond acceptors (Lipinski definition) is 3. The monoisotopic (exact) mass is 767 g/mol. The highest BCUT2D eigenvalue weighted by Crippen LogP contribution is 2.51. The molecule has 298 valence electrons. The van der Waals surface area contributed by atoms with Crippen LogP contribution in [-0.4, -0.2) is 6.71 Å². The van der Waals surface area contributed by atoms with Gasteiger partial charge in [0.05, 0.1) is 0 Å². The van der Waals surface area contributed by atoms with Crippen LogP contribution < -0.4 is 26.2 Å². The minimum absolute atomic E-state index is 0.0115. The fourth-order valence-corrected chi connectivity index (χ4v) is 10.2. The first-order valence-electron chi connectivity index (χ1n) is 21.7.